The number of carboxylic acids is 1. The van der Waals surface area contributed by atoms with Crippen LogP contribution in [0, 0.1) is 0 Å². The minimum atomic E-state index is -6.40. The summed E-state index contributed by atoms with van der Waals surface area (Å²) < 4.78 is 140. The summed E-state index contributed by atoms with van der Waals surface area (Å²) in [5.41, 5.74) is 0. The molecule has 0 fully saturated rings. The van der Waals surface area contributed by atoms with E-state index in [0.717, 1.165) is 0 Å². The first-order chi connectivity index (χ1) is 9.77. The highest BCUT2D eigenvalue weighted by Gasteiger charge is 2.59. The standard InChI is InChI=1S/C6HF11O6/c7-2(8,1(18)19)20-4(12,13)22-6(16,17)23-5(14,15)21-3(9,10)11/h(H,18,19)/p-1. The molecule has 138 valence electrons. The topological polar surface area (TPSA) is 77.1 Å². The molecule has 0 aliphatic rings. The van der Waals surface area contributed by atoms with E-state index < -0.39 is 37.3 Å². The van der Waals surface area contributed by atoms with Gasteiger partial charge in [-0.1, -0.05) is 0 Å². The fourth-order valence-corrected chi connectivity index (χ4v) is 0.665. The molecule has 23 heavy (non-hydrogen) atoms. The molecule has 0 saturated carbocycles. The Kier molecular flexibility index (Phi) is 5.81. The SMILES string of the molecule is O=C([O-])C(F)(F)OC(F)(F)OC(F)(F)OC(F)(F)OC(F)(F)F. The predicted molar refractivity (Wildman–Crippen MR) is 35.2 cm³/mol. The molecule has 0 saturated heterocycles. The summed E-state index contributed by atoms with van der Waals surface area (Å²) in [7, 11) is 0. The normalized spacial score (nSPS) is 14.9. The van der Waals surface area contributed by atoms with Gasteiger partial charge in [-0.3, -0.25) is 0 Å². The number of carbonyl (C=O) groups excluding carboxylic acids is 1. The average molecular weight is 377 g/mol. The quantitative estimate of drug-likeness (QED) is 0.472. The second kappa shape index (κ2) is 6.21. The van der Waals surface area contributed by atoms with Gasteiger partial charge in [-0.15, -0.1) is 39.5 Å². The van der Waals surface area contributed by atoms with Crippen LogP contribution in [0.25, 0.3) is 0 Å². The minimum Gasteiger partial charge on any atom is -0.542 e. The Bertz CT molecular complexity index is 431. The average Bonchev–Trinajstić information content (AvgIpc) is 2.04. The molecule has 0 rings (SSSR count). The second-order valence-corrected chi connectivity index (χ2v) is 3.05. The van der Waals surface area contributed by atoms with Crippen molar-refractivity contribution in [2.75, 3.05) is 0 Å². The lowest BCUT2D eigenvalue weighted by Crippen LogP contribution is -2.51. The van der Waals surface area contributed by atoms with Gasteiger partial charge in [0, 0.05) is 0 Å². The molecule has 0 aliphatic heterocycles. The number of aliphatic carboxylic acids is 1. The van der Waals surface area contributed by atoms with Gasteiger partial charge in [-0.25, -0.2) is 14.2 Å². The molecule has 0 aromatic carbocycles. The number of rotatable bonds is 8. The monoisotopic (exact) mass is 377 g/mol. The molecule has 0 unspecified atom stereocenters. The van der Waals surface area contributed by atoms with E-state index in [1.807, 2.05) is 14.2 Å². The first kappa shape index (κ1) is 21.5. The van der Waals surface area contributed by atoms with Gasteiger partial charge in [0.15, 0.2) is 0 Å². The zero-order valence-electron chi connectivity index (χ0n) is 9.61. The number of carboxylic acid groups (broad SMARTS) is 1. The zero-order chi connectivity index (χ0) is 18.9. The van der Waals surface area contributed by atoms with Crippen molar-refractivity contribution in [3.63, 3.8) is 0 Å². The zero-order valence-corrected chi connectivity index (χ0v) is 9.61. The summed E-state index contributed by atoms with van der Waals surface area (Å²) in [6.07, 6.45) is -31.2. The van der Waals surface area contributed by atoms with Crippen LogP contribution in [0.4, 0.5) is 48.3 Å². The molecule has 0 atom stereocenters. The summed E-state index contributed by atoms with van der Waals surface area (Å²) >= 11 is 0. The molecule has 0 amide bonds. The lowest BCUT2D eigenvalue weighted by molar-refractivity contribution is -0.609. The van der Waals surface area contributed by atoms with Crippen molar-refractivity contribution in [2.45, 2.75) is 31.4 Å². The van der Waals surface area contributed by atoms with Crippen molar-refractivity contribution >= 4 is 5.97 Å². The Morgan fingerprint density at radius 3 is 1.22 bits per heavy atom. The van der Waals surface area contributed by atoms with Gasteiger partial charge >= 0.3 is 31.4 Å². The molecule has 0 aliphatic carbocycles. The highest BCUT2D eigenvalue weighted by molar-refractivity contribution is 5.71. The second-order valence-electron chi connectivity index (χ2n) is 3.05. The van der Waals surface area contributed by atoms with E-state index in [9.17, 15) is 58.2 Å². The van der Waals surface area contributed by atoms with Crippen LogP contribution in [-0.4, -0.2) is 37.3 Å². The molecule has 17 heteroatoms. The highest BCUT2D eigenvalue weighted by atomic mass is 19.4. The first-order valence-corrected chi connectivity index (χ1v) is 4.37. The van der Waals surface area contributed by atoms with E-state index >= 15 is 0 Å². The third-order valence-electron chi connectivity index (χ3n) is 1.19. The molecule has 0 heterocycles. The fraction of sp³-hybridized carbons (Fsp3) is 0.833. The summed E-state index contributed by atoms with van der Waals surface area (Å²) in [5, 5.41) is 9.59. The largest absolute Gasteiger partial charge is 0.542 e. The van der Waals surface area contributed by atoms with Gasteiger partial charge in [0.05, 0.1) is 0 Å². The Labute approximate surface area is 116 Å². The number of carbonyl (C=O) groups is 1. The van der Waals surface area contributed by atoms with Gasteiger partial charge < -0.3 is 9.90 Å². The minimum absolute atomic E-state index is 1.66. The molecule has 0 radical (unpaired) electrons. The van der Waals surface area contributed by atoms with E-state index in [2.05, 4.69) is 0 Å². The Morgan fingerprint density at radius 2 is 0.913 bits per heavy atom. The predicted octanol–water partition coefficient (Wildman–Crippen LogP) is 1.57. The van der Waals surface area contributed by atoms with Crippen LogP contribution in [-0.2, 0) is 23.7 Å². The molecule has 0 aromatic rings. The highest BCUT2D eigenvalue weighted by Crippen LogP contribution is 2.38. The van der Waals surface area contributed by atoms with Crippen molar-refractivity contribution in [2.24, 2.45) is 0 Å². The summed E-state index contributed by atoms with van der Waals surface area (Å²) in [5.74, 6) is -3.67. The Hall–Kier alpha value is -1.46. The van der Waals surface area contributed by atoms with Gasteiger partial charge in [-0.05, 0) is 0 Å². The lowest BCUT2D eigenvalue weighted by Gasteiger charge is -2.27. The molecule has 0 N–H and O–H groups in total. The molecule has 0 aromatic heterocycles. The first-order valence-electron chi connectivity index (χ1n) is 4.37. The van der Waals surface area contributed by atoms with E-state index in [1.54, 1.807) is 4.74 Å². The van der Waals surface area contributed by atoms with Crippen molar-refractivity contribution in [1.29, 1.82) is 0 Å². The lowest BCUT2D eigenvalue weighted by atomic mass is 10.6. The van der Waals surface area contributed by atoms with E-state index in [4.69, 9.17) is 0 Å². The smallest absolute Gasteiger partial charge is 0.529 e. The molecular formula is C6F11O6-. The number of hydrogen-bond donors (Lipinski definition) is 0. The van der Waals surface area contributed by atoms with Crippen molar-refractivity contribution in [3.05, 3.63) is 0 Å². The third-order valence-corrected chi connectivity index (χ3v) is 1.19. The Balaban J connectivity index is 5.00. The number of halogens is 11. The van der Waals surface area contributed by atoms with Crippen LogP contribution in [0.3, 0.4) is 0 Å². The van der Waals surface area contributed by atoms with Crippen LogP contribution in [0.5, 0.6) is 0 Å². The molecular weight excluding hydrogens is 377 g/mol. The van der Waals surface area contributed by atoms with Crippen LogP contribution >= 0.6 is 0 Å². The number of alkyl halides is 11. The Morgan fingerprint density at radius 1 is 0.609 bits per heavy atom. The van der Waals surface area contributed by atoms with Crippen LogP contribution < -0.4 is 5.11 Å². The number of ether oxygens (including phenoxy) is 4. The third kappa shape index (κ3) is 8.67. The van der Waals surface area contributed by atoms with Crippen LogP contribution in [0.1, 0.15) is 0 Å². The van der Waals surface area contributed by atoms with Gasteiger partial charge in [0.25, 0.3) is 0 Å². The van der Waals surface area contributed by atoms with E-state index in [0.29, 0.717) is 0 Å². The molecule has 0 bridgehead atoms. The van der Waals surface area contributed by atoms with Crippen LogP contribution in [0.2, 0.25) is 0 Å². The molecule has 0 spiro atoms. The summed E-state index contributed by atoms with van der Waals surface area (Å²) in [6, 6.07) is 0. The summed E-state index contributed by atoms with van der Waals surface area (Å²) in [4.78, 5) is 9.59. The maximum absolute atomic E-state index is 12.4. The number of hydrogen-bond acceptors (Lipinski definition) is 6. The summed E-state index contributed by atoms with van der Waals surface area (Å²) in [6.45, 7) is 0. The van der Waals surface area contributed by atoms with Crippen molar-refractivity contribution in [1.82, 2.24) is 0 Å². The van der Waals surface area contributed by atoms with Crippen molar-refractivity contribution < 1.29 is 77.1 Å². The van der Waals surface area contributed by atoms with Crippen LogP contribution in [0.15, 0.2) is 0 Å². The van der Waals surface area contributed by atoms with E-state index in [1.165, 1.54) is 0 Å². The fourth-order valence-electron chi connectivity index (χ4n) is 0.665. The maximum atomic E-state index is 12.4. The van der Waals surface area contributed by atoms with Gasteiger partial charge in [0.2, 0.25) is 0 Å². The van der Waals surface area contributed by atoms with Gasteiger partial charge in [-0.2, -0.15) is 13.5 Å². The maximum Gasteiger partial charge on any atom is 0.529 e. The molecule has 6 nitrogen and oxygen atoms in total. The van der Waals surface area contributed by atoms with Crippen molar-refractivity contribution in [3.8, 4) is 0 Å². The van der Waals surface area contributed by atoms with Gasteiger partial charge in [0.1, 0.15) is 5.97 Å². The van der Waals surface area contributed by atoms with E-state index in [-0.39, 0.29) is 0 Å².